The van der Waals surface area contributed by atoms with Gasteiger partial charge in [0.25, 0.3) is 0 Å². The summed E-state index contributed by atoms with van der Waals surface area (Å²) >= 11 is 0. The third kappa shape index (κ3) is 7.66. The van der Waals surface area contributed by atoms with Crippen LogP contribution in [0.4, 0.5) is 4.39 Å². The lowest BCUT2D eigenvalue weighted by Crippen LogP contribution is -2.42. The zero-order valence-electron chi connectivity index (χ0n) is 16.4. The second-order valence-corrected chi connectivity index (χ2v) is 7.86. The molecule has 158 valence electrons. The zero-order chi connectivity index (χ0) is 21.1. The van der Waals surface area contributed by atoms with Gasteiger partial charge in [-0.3, -0.25) is 4.98 Å². The lowest BCUT2D eigenvalue weighted by molar-refractivity contribution is 0.220. The summed E-state index contributed by atoms with van der Waals surface area (Å²) < 4.78 is 46.0. The molecule has 1 atom stereocenters. The maximum atomic E-state index is 13.6. The van der Waals surface area contributed by atoms with Crippen LogP contribution in [0.2, 0.25) is 0 Å². The van der Waals surface area contributed by atoms with E-state index < -0.39 is 15.8 Å². The minimum absolute atomic E-state index is 0.111. The van der Waals surface area contributed by atoms with Crippen molar-refractivity contribution in [1.29, 1.82) is 0 Å². The SMILES string of the molecule is CCNC(=NCC(C)Oc1ccccc1F)NCCNS(=O)(=O)c1cccnc1. The molecule has 8 nitrogen and oxygen atoms in total. The number of guanidine groups is 1. The predicted octanol–water partition coefficient (Wildman–Crippen LogP) is 1.52. The number of pyridine rings is 1. The lowest BCUT2D eigenvalue weighted by atomic mass is 10.3. The van der Waals surface area contributed by atoms with Crippen LogP contribution in [0.3, 0.4) is 0 Å². The highest BCUT2D eigenvalue weighted by Gasteiger charge is 2.13. The van der Waals surface area contributed by atoms with E-state index in [4.69, 9.17) is 4.74 Å². The van der Waals surface area contributed by atoms with Crippen molar-refractivity contribution in [2.45, 2.75) is 24.8 Å². The van der Waals surface area contributed by atoms with Crippen LogP contribution in [0.1, 0.15) is 13.8 Å². The number of ether oxygens (including phenoxy) is 1. The molecule has 0 aliphatic carbocycles. The molecule has 0 amide bonds. The summed E-state index contributed by atoms with van der Waals surface area (Å²) in [5, 5.41) is 6.11. The van der Waals surface area contributed by atoms with E-state index >= 15 is 0 Å². The lowest BCUT2D eigenvalue weighted by Gasteiger charge is -2.15. The Bertz CT molecular complexity index is 894. The topological polar surface area (TPSA) is 105 Å². The van der Waals surface area contributed by atoms with Crippen molar-refractivity contribution in [3.63, 3.8) is 0 Å². The van der Waals surface area contributed by atoms with Crippen LogP contribution in [-0.2, 0) is 10.0 Å². The predicted molar refractivity (Wildman–Crippen MR) is 110 cm³/mol. The van der Waals surface area contributed by atoms with Crippen LogP contribution < -0.4 is 20.1 Å². The molecule has 2 aromatic rings. The van der Waals surface area contributed by atoms with Gasteiger partial charge < -0.3 is 15.4 Å². The molecule has 3 N–H and O–H groups in total. The summed E-state index contributed by atoms with van der Waals surface area (Å²) in [6.45, 7) is 5.14. The molecule has 1 aromatic carbocycles. The average Bonchev–Trinajstić information content (AvgIpc) is 2.71. The van der Waals surface area contributed by atoms with Gasteiger partial charge in [0.2, 0.25) is 10.0 Å². The molecule has 29 heavy (non-hydrogen) atoms. The first-order valence-corrected chi connectivity index (χ1v) is 10.7. The fourth-order valence-corrected chi connectivity index (χ4v) is 3.31. The first-order chi connectivity index (χ1) is 13.9. The number of nitrogens with one attached hydrogen (secondary N) is 3. The normalized spacial score (nSPS) is 13.0. The second kappa shape index (κ2) is 11.3. The summed E-state index contributed by atoms with van der Waals surface area (Å²) in [5.74, 6) is 0.268. The van der Waals surface area contributed by atoms with Crippen molar-refractivity contribution >= 4 is 16.0 Å². The number of hydrogen-bond acceptors (Lipinski definition) is 5. The van der Waals surface area contributed by atoms with Gasteiger partial charge in [0, 0.05) is 32.0 Å². The Kier molecular flexibility index (Phi) is 8.81. The molecule has 0 saturated carbocycles. The maximum Gasteiger partial charge on any atom is 0.242 e. The monoisotopic (exact) mass is 423 g/mol. The molecule has 0 aliphatic rings. The molecular formula is C19H26FN5O3S. The van der Waals surface area contributed by atoms with Crippen LogP contribution in [-0.4, -0.2) is 51.6 Å². The Balaban J connectivity index is 1.82. The molecule has 0 fully saturated rings. The maximum absolute atomic E-state index is 13.6. The molecule has 10 heteroatoms. The van der Waals surface area contributed by atoms with E-state index in [-0.39, 0.29) is 23.3 Å². The molecule has 0 bridgehead atoms. The van der Waals surface area contributed by atoms with Crippen LogP contribution in [0.5, 0.6) is 5.75 Å². The van der Waals surface area contributed by atoms with Gasteiger partial charge in [0.05, 0.1) is 6.54 Å². The van der Waals surface area contributed by atoms with Gasteiger partial charge in [-0.15, -0.1) is 0 Å². The molecule has 1 heterocycles. The standard InChI is InChI=1S/C19H26FN5O3S/c1-3-22-19(24-13-15(2)28-18-9-5-4-8-17(18)20)23-11-12-25-29(26,27)16-7-6-10-21-14-16/h4-10,14-15,25H,3,11-13H2,1-2H3,(H2,22,23,24). The van der Waals surface area contributed by atoms with E-state index in [9.17, 15) is 12.8 Å². The van der Waals surface area contributed by atoms with Crippen LogP contribution in [0, 0.1) is 5.82 Å². The Morgan fingerprint density at radius 2 is 2.00 bits per heavy atom. The van der Waals surface area contributed by atoms with Crippen molar-refractivity contribution in [2.24, 2.45) is 4.99 Å². The average molecular weight is 424 g/mol. The Labute approximate surface area is 170 Å². The molecule has 0 spiro atoms. The number of nitrogens with zero attached hydrogens (tertiary/aromatic N) is 2. The summed E-state index contributed by atoms with van der Waals surface area (Å²) in [6, 6.07) is 9.24. The summed E-state index contributed by atoms with van der Waals surface area (Å²) in [7, 11) is -3.60. The van der Waals surface area contributed by atoms with Crippen LogP contribution in [0.15, 0.2) is 58.7 Å². The van der Waals surface area contributed by atoms with Crippen LogP contribution in [0.25, 0.3) is 0 Å². The van der Waals surface area contributed by atoms with Crippen molar-refractivity contribution in [1.82, 2.24) is 20.3 Å². The molecular weight excluding hydrogens is 397 g/mol. The van der Waals surface area contributed by atoms with Gasteiger partial charge in [-0.25, -0.2) is 22.5 Å². The first kappa shape index (κ1) is 22.6. The third-order valence-corrected chi connectivity index (χ3v) is 5.12. The Hall–Kier alpha value is -2.72. The minimum Gasteiger partial charge on any atom is -0.486 e. The van der Waals surface area contributed by atoms with E-state index in [1.165, 1.54) is 24.5 Å². The van der Waals surface area contributed by atoms with E-state index in [1.807, 2.05) is 6.92 Å². The number of rotatable bonds is 10. The van der Waals surface area contributed by atoms with Gasteiger partial charge in [0.1, 0.15) is 11.0 Å². The number of hydrogen-bond donors (Lipinski definition) is 3. The number of halogens is 1. The molecule has 0 radical (unpaired) electrons. The number of sulfonamides is 1. The summed E-state index contributed by atoms with van der Waals surface area (Å²) in [6.07, 6.45) is 2.46. The summed E-state index contributed by atoms with van der Waals surface area (Å²) in [5.41, 5.74) is 0. The van der Waals surface area contributed by atoms with E-state index in [2.05, 4.69) is 25.3 Å². The van der Waals surface area contributed by atoms with Gasteiger partial charge in [-0.2, -0.15) is 0 Å². The van der Waals surface area contributed by atoms with Crippen molar-refractivity contribution in [3.05, 3.63) is 54.6 Å². The second-order valence-electron chi connectivity index (χ2n) is 6.09. The molecule has 0 aliphatic heterocycles. The molecule has 0 saturated heterocycles. The fourth-order valence-electron chi connectivity index (χ4n) is 2.31. The number of benzene rings is 1. The largest absolute Gasteiger partial charge is 0.486 e. The van der Waals surface area contributed by atoms with Crippen molar-refractivity contribution in [2.75, 3.05) is 26.2 Å². The van der Waals surface area contributed by atoms with E-state index in [1.54, 1.807) is 31.2 Å². The van der Waals surface area contributed by atoms with Crippen molar-refractivity contribution < 1.29 is 17.5 Å². The Morgan fingerprint density at radius 1 is 1.21 bits per heavy atom. The molecule has 1 aromatic heterocycles. The van der Waals surface area contributed by atoms with Crippen molar-refractivity contribution in [3.8, 4) is 5.75 Å². The van der Waals surface area contributed by atoms with E-state index in [0.717, 1.165) is 0 Å². The Morgan fingerprint density at radius 3 is 2.69 bits per heavy atom. The van der Waals surface area contributed by atoms with Gasteiger partial charge in [0.15, 0.2) is 17.5 Å². The van der Waals surface area contributed by atoms with Gasteiger partial charge in [-0.1, -0.05) is 12.1 Å². The third-order valence-electron chi connectivity index (χ3n) is 3.67. The minimum atomic E-state index is -3.60. The number of aromatic nitrogens is 1. The van der Waals surface area contributed by atoms with Gasteiger partial charge >= 0.3 is 0 Å². The summed E-state index contributed by atoms with van der Waals surface area (Å²) in [4.78, 5) is 8.31. The number of aliphatic imine (C=N–C) groups is 1. The van der Waals surface area contributed by atoms with Crippen LogP contribution >= 0.6 is 0 Å². The quantitative estimate of drug-likeness (QED) is 0.304. The smallest absolute Gasteiger partial charge is 0.242 e. The van der Waals surface area contributed by atoms with E-state index in [0.29, 0.717) is 25.6 Å². The first-order valence-electron chi connectivity index (χ1n) is 9.25. The molecule has 2 rings (SSSR count). The highest BCUT2D eigenvalue weighted by Crippen LogP contribution is 2.16. The zero-order valence-corrected chi connectivity index (χ0v) is 17.2. The highest BCUT2D eigenvalue weighted by molar-refractivity contribution is 7.89. The number of para-hydroxylation sites is 1. The fraction of sp³-hybridized carbons (Fsp3) is 0.368. The highest BCUT2D eigenvalue weighted by atomic mass is 32.2. The van der Waals surface area contributed by atoms with Gasteiger partial charge in [-0.05, 0) is 38.1 Å². The molecule has 1 unspecified atom stereocenters.